The van der Waals surface area contributed by atoms with Crippen molar-refractivity contribution in [2.24, 2.45) is 5.73 Å². The number of ether oxygens (including phenoxy) is 1. The summed E-state index contributed by atoms with van der Waals surface area (Å²) < 4.78 is 4.93. The average molecular weight is 296 g/mol. The molecule has 0 spiro atoms. The molecule has 0 aliphatic carbocycles. The van der Waals surface area contributed by atoms with E-state index in [0.29, 0.717) is 5.56 Å². The number of carboxylic acids is 2. The molecule has 0 bridgehead atoms. The van der Waals surface area contributed by atoms with Gasteiger partial charge in [0.15, 0.2) is 0 Å². The minimum Gasteiger partial charge on any atom is -0.481 e. The Morgan fingerprint density at radius 3 is 2.33 bits per heavy atom. The number of rotatable bonds is 7. The molecule has 0 saturated carbocycles. The SMILES string of the molecule is N[C@@H](CCNC(=O)Oc1ccc(CC(=O)O)cc1)C(=O)O. The number of hydrogen-bond acceptors (Lipinski definition) is 5. The number of benzene rings is 1. The van der Waals surface area contributed by atoms with Crippen molar-refractivity contribution >= 4 is 18.0 Å². The normalized spacial score (nSPS) is 11.5. The first kappa shape index (κ1) is 16.4. The maximum Gasteiger partial charge on any atom is 0.412 e. The summed E-state index contributed by atoms with van der Waals surface area (Å²) >= 11 is 0. The molecule has 1 atom stereocenters. The Bertz CT molecular complexity index is 514. The first-order chi connectivity index (χ1) is 9.88. The topological polar surface area (TPSA) is 139 Å². The molecule has 8 nitrogen and oxygen atoms in total. The summed E-state index contributed by atoms with van der Waals surface area (Å²) in [5, 5.41) is 19.5. The molecule has 21 heavy (non-hydrogen) atoms. The Hall–Kier alpha value is -2.61. The summed E-state index contributed by atoms with van der Waals surface area (Å²) in [4.78, 5) is 32.4. The van der Waals surface area contributed by atoms with Crippen LogP contribution in [0.5, 0.6) is 5.75 Å². The zero-order valence-corrected chi connectivity index (χ0v) is 11.1. The fourth-order valence-electron chi connectivity index (χ4n) is 1.45. The number of nitrogens with one attached hydrogen (secondary N) is 1. The van der Waals surface area contributed by atoms with Gasteiger partial charge in [-0.2, -0.15) is 0 Å². The fourth-order valence-corrected chi connectivity index (χ4v) is 1.45. The van der Waals surface area contributed by atoms with E-state index in [9.17, 15) is 14.4 Å². The monoisotopic (exact) mass is 296 g/mol. The van der Waals surface area contributed by atoms with Crippen LogP contribution in [0.4, 0.5) is 4.79 Å². The molecular weight excluding hydrogens is 280 g/mol. The van der Waals surface area contributed by atoms with Crippen molar-refractivity contribution in [2.75, 3.05) is 6.54 Å². The first-order valence-corrected chi connectivity index (χ1v) is 6.13. The molecule has 8 heteroatoms. The van der Waals surface area contributed by atoms with Gasteiger partial charge in [-0.25, -0.2) is 4.79 Å². The van der Waals surface area contributed by atoms with Crippen molar-refractivity contribution in [1.82, 2.24) is 5.32 Å². The molecule has 0 fully saturated rings. The number of carboxylic acid groups (broad SMARTS) is 2. The molecule has 1 aromatic rings. The van der Waals surface area contributed by atoms with Gasteiger partial charge < -0.3 is 26.0 Å². The molecule has 1 aromatic carbocycles. The number of hydrogen-bond donors (Lipinski definition) is 4. The van der Waals surface area contributed by atoms with Gasteiger partial charge in [-0.15, -0.1) is 0 Å². The van der Waals surface area contributed by atoms with Crippen LogP contribution < -0.4 is 15.8 Å². The van der Waals surface area contributed by atoms with E-state index in [1.807, 2.05) is 0 Å². The van der Waals surface area contributed by atoms with Gasteiger partial charge in [-0.3, -0.25) is 9.59 Å². The fraction of sp³-hybridized carbons (Fsp3) is 0.308. The Morgan fingerprint density at radius 2 is 1.81 bits per heavy atom. The second-order valence-electron chi connectivity index (χ2n) is 4.26. The average Bonchev–Trinajstić information content (AvgIpc) is 2.40. The standard InChI is InChI=1S/C13H16N2O6/c14-10(12(18)19)5-6-15-13(20)21-9-3-1-8(2-4-9)7-11(16)17/h1-4,10H,5-7,14H2,(H,15,20)(H,16,17)(H,18,19)/t10-/m0/s1. The zero-order chi connectivity index (χ0) is 15.8. The van der Waals surface area contributed by atoms with Crippen LogP contribution in [-0.4, -0.2) is 40.8 Å². The predicted molar refractivity (Wildman–Crippen MR) is 72.0 cm³/mol. The Kier molecular flexibility index (Phi) is 6.15. The van der Waals surface area contributed by atoms with Crippen LogP contribution in [0.1, 0.15) is 12.0 Å². The van der Waals surface area contributed by atoms with E-state index >= 15 is 0 Å². The van der Waals surface area contributed by atoms with E-state index in [1.165, 1.54) is 24.3 Å². The number of aliphatic carboxylic acids is 2. The summed E-state index contributed by atoms with van der Waals surface area (Å²) in [5.74, 6) is -1.83. The summed E-state index contributed by atoms with van der Waals surface area (Å²) in [6.45, 7) is 0.0728. The van der Waals surface area contributed by atoms with E-state index < -0.39 is 24.1 Å². The van der Waals surface area contributed by atoms with Crippen molar-refractivity contribution in [3.8, 4) is 5.75 Å². The van der Waals surface area contributed by atoms with Crippen LogP contribution in [0.15, 0.2) is 24.3 Å². The summed E-state index contributed by atoms with van der Waals surface area (Å²) in [5.41, 5.74) is 5.86. The maximum absolute atomic E-state index is 11.4. The summed E-state index contributed by atoms with van der Waals surface area (Å²) in [6, 6.07) is 4.98. The molecule has 0 radical (unpaired) electrons. The minimum absolute atomic E-state index is 0.0728. The lowest BCUT2D eigenvalue weighted by Crippen LogP contribution is -2.36. The van der Waals surface area contributed by atoms with Crippen molar-refractivity contribution < 1.29 is 29.3 Å². The lowest BCUT2D eigenvalue weighted by molar-refractivity contribution is -0.139. The Labute approximate surface area is 120 Å². The number of nitrogens with two attached hydrogens (primary N) is 1. The van der Waals surface area contributed by atoms with Gasteiger partial charge in [-0.05, 0) is 24.1 Å². The van der Waals surface area contributed by atoms with Crippen LogP contribution >= 0.6 is 0 Å². The molecule has 1 rings (SSSR count). The van der Waals surface area contributed by atoms with Crippen LogP contribution in [0, 0.1) is 0 Å². The highest BCUT2D eigenvalue weighted by molar-refractivity contribution is 5.73. The van der Waals surface area contributed by atoms with Crippen molar-refractivity contribution in [2.45, 2.75) is 18.9 Å². The molecule has 0 aliphatic heterocycles. The highest BCUT2D eigenvalue weighted by Gasteiger charge is 2.12. The van der Waals surface area contributed by atoms with E-state index in [0.717, 1.165) is 0 Å². The van der Waals surface area contributed by atoms with E-state index in [1.54, 1.807) is 0 Å². The van der Waals surface area contributed by atoms with E-state index in [-0.39, 0.29) is 25.1 Å². The van der Waals surface area contributed by atoms with Gasteiger partial charge in [-0.1, -0.05) is 12.1 Å². The molecular formula is C13H16N2O6. The number of carbonyl (C=O) groups is 3. The van der Waals surface area contributed by atoms with Crippen LogP contribution in [0.25, 0.3) is 0 Å². The van der Waals surface area contributed by atoms with Gasteiger partial charge in [0.05, 0.1) is 6.42 Å². The molecule has 0 aliphatic rings. The van der Waals surface area contributed by atoms with Gasteiger partial charge in [0.1, 0.15) is 11.8 Å². The Balaban J connectivity index is 2.37. The largest absolute Gasteiger partial charge is 0.481 e. The molecule has 0 heterocycles. The maximum atomic E-state index is 11.4. The van der Waals surface area contributed by atoms with Crippen LogP contribution in [0.2, 0.25) is 0 Å². The number of amides is 1. The number of carbonyl (C=O) groups excluding carboxylic acids is 1. The molecule has 114 valence electrons. The zero-order valence-electron chi connectivity index (χ0n) is 11.1. The molecule has 5 N–H and O–H groups in total. The lowest BCUT2D eigenvalue weighted by Gasteiger charge is -2.08. The second kappa shape index (κ2) is 7.85. The van der Waals surface area contributed by atoms with Gasteiger partial charge in [0, 0.05) is 6.54 Å². The first-order valence-electron chi connectivity index (χ1n) is 6.13. The lowest BCUT2D eigenvalue weighted by atomic mass is 10.1. The van der Waals surface area contributed by atoms with Crippen molar-refractivity contribution in [3.05, 3.63) is 29.8 Å². The molecule has 0 aromatic heterocycles. The smallest absolute Gasteiger partial charge is 0.412 e. The van der Waals surface area contributed by atoms with Crippen LogP contribution in [0.3, 0.4) is 0 Å². The Morgan fingerprint density at radius 1 is 1.19 bits per heavy atom. The van der Waals surface area contributed by atoms with Gasteiger partial charge in [0.2, 0.25) is 0 Å². The molecule has 0 saturated heterocycles. The highest BCUT2D eigenvalue weighted by atomic mass is 16.6. The van der Waals surface area contributed by atoms with E-state index in [2.05, 4.69) is 5.32 Å². The third kappa shape index (κ3) is 6.39. The molecule has 1 amide bonds. The minimum atomic E-state index is -1.14. The second-order valence-corrected chi connectivity index (χ2v) is 4.26. The molecule has 0 unspecified atom stereocenters. The quantitative estimate of drug-likeness (QED) is 0.563. The summed E-state index contributed by atoms with van der Waals surface area (Å²) in [6.07, 6.45) is -0.764. The summed E-state index contributed by atoms with van der Waals surface area (Å²) in [7, 11) is 0. The predicted octanol–water partition coefficient (Wildman–Crippen LogP) is 0.204. The van der Waals surface area contributed by atoms with E-state index in [4.69, 9.17) is 20.7 Å². The third-order valence-corrected chi connectivity index (χ3v) is 2.53. The van der Waals surface area contributed by atoms with Crippen molar-refractivity contribution in [1.29, 1.82) is 0 Å². The van der Waals surface area contributed by atoms with Gasteiger partial charge in [0.25, 0.3) is 0 Å². The van der Waals surface area contributed by atoms with Crippen molar-refractivity contribution in [3.63, 3.8) is 0 Å². The third-order valence-electron chi connectivity index (χ3n) is 2.53. The highest BCUT2D eigenvalue weighted by Crippen LogP contribution is 2.12. The van der Waals surface area contributed by atoms with Gasteiger partial charge >= 0.3 is 18.0 Å². The van der Waals surface area contributed by atoms with Crippen LogP contribution in [-0.2, 0) is 16.0 Å².